The number of sulfonamides is 1. The summed E-state index contributed by atoms with van der Waals surface area (Å²) >= 11 is 6.38. The van der Waals surface area contributed by atoms with Crippen molar-refractivity contribution >= 4 is 33.5 Å². The van der Waals surface area contributed by atoms with Gasteiger partial charge in [0.1, 0.15) is 17.9 Å². The Morgan fingerprint density at radius 3 is 2.38 bits per heavy atom. The minimum absolute atomic E-state index is 0.139. The molecule has 4 N–H and O–H groups in total. The van der Waals surface area contributed by atoms with Crippen LogP contribution < -0.4 is 20.1 Å². The minimum atomic E-state index is -5.19. The molecule has 6 rings (SSSR count). The van der Waals surface area contributed by atoms with Crippen LogP contribution in [0.3, 0.4) is 0 Å². The number of nitrogens with one attached hydrogen (secondary N) is 2. The number of carbonyl (C=O) groups is 2. The summed E-state index contributed by atoms with van der Waals surface area (Å²) in [6.45, 7) is 2.40. The molecule has 1 saturated carbocycles. The van der Waals surface area contributed by atoms with Crippen molar-refractivity contribution in [2.75, 3.05) is 25.9 Å². The van der Waals surface area contributed by atoms with Crippen LogP contribution in [-0.2, 0) is 25.0 Å². The molecule has 2 aromatic rings. The SMILES string of the molecule is CS(=O)(=O)NC1CC[C@]2(C[NH2+]C[C@H]2C(=O)N2CC[C@@H](c3ccccc3)C[C@H]2C2CCCCC2)c2ccc(Cl)[nH+]c21.O=C([O-])C(F)(F)F. The third kappa shape index (κ3) is 8.12. The van der Waals surface area contributed by atoms with Crippen molar-refractivity contribution in [3.05, 3.63) is 64.4 Å². The Labute approximate surface area is 278 Å². The number of nitrogens with zero attached hydrogens (tertiary/aromatic N) is 1. The summed E-state index contributed by atoms with van der Waals surface area (Å²) in [6, 6.07) is 14.6. The predicted molar refractivity (Wildman–Crippen MR) is 166 cm³/mol. The lowest BCUT2D eigenvalue weighted by atomic mass is 9.64. The molecule has 258 valence electrons. The van der Waals surface area contributed by atoms with Crippen molar-refractivity contribution in [1.29, 1.82) is 0 Å². The van der Waals surface area contributed by atoms with Crippen LogP contribution in [0.1, 0.15) is 86.6 Å². The highest BCUT2D eigenvalue weighted by atomic mass is 35.5. The number of H-pyrrole nitrogens is 1. The summed E-state index contributed by atoms with van der Waals surface area (Å²) in [5, 5.41) is 11.5. The van der Waals surface area contributed by atoms with Crippen molar-refractivity contribution in [2.24, 2.45) is 11.8 Å². The van der Waals surface area contributed by atoms with Crippen molar-refractivity contribution < 1.29 is 46.6 Å². The summed E-state index contributed by atoms with van der Waals surface area (Å²) < 4.78 is 58.7. The first-order chi connectivity index (χ1) is 22.2. The number of carboxylic acid groups (broad SMARTS) is 1. The van der Waals surface area contributed by atoms with E-state index in [-0.39, 0.29) is 23.4 Å². The largest absolute Gasteiger partial charge is 0.542 e. The number of alkyl halides is 3. The summed E-state index contributed by atoms with van der Waals surface area (Å²) in [5.41, 5.74) is 2.92. The number of carboxylic acids is 1. The highest BCUT2D eigenvalue weighted by Crippen LogP contribution is 2.48. The number of fused-ring (bicyclic) bond motifs is 2. The van der Waals surface area contributed by atoms with E-state index >= 15 is 0 Å². The summed E-state index contributed by atoms with van der Waals surface area (Å²) in [5.74, 6) is -1.78. The molecule has 1 unspecified atom stereocenters. The lowest BCUT2D eigenvalue weighted by Crippen LogP contribution is -2.82. The van der Waals surface area contributed by atoms with E-state index in [1.54, 1.807) is 0 Å². The topological polar surface area (TPSA) is 137 Å². The molecule has 47 heavy (non-hydrogen) atoms. The van der Waals surface area contributed by atoms with Gasteiger partial charge in [0, 0.05) is 24.2 Å². The number of benzene rings is 1. The third-order valence-corrected chi connectivity index (χ3v) is 11.5. The van der Waals surface area contributed by atoms with Crippen LogP contribution in [0.5, 0.6) is 0 Å². The number of amides is 1. The number of piperidine rings is 1. The van der Waals surface area contributed by atoms with E-state index < -0.39 is 22.2 Å². The van der Waals surface area contributed by atoms with Gasteiger partial charge < -0.3 is 20.1 Å². The van der Waals surface area contributed by atoms with E-state index in [0.717, 1.165) is 50.2 Å². The van der Waals surface area contributed by atoms with Gasteiger partial charge in [0.05, 0.1) is 24.8 Å². The molecule has 1 spiro atoms. The van der Waals surface area contributed by atoms with Gasteiger partial charge in [0.2, 0.25) is 21.6 Å². The fourth-order valence-electron chi connectivity index (χ4n) is 8.50. The van der Waals surface area contributed by atoms with E-state index in [9.17, 15) is 26.4 Å². The molecule has 5 atom stereocenters. The molecule has 3 heterocycles. The highest BCUT2D eigenvalue weighted by molar-refractivity contribution is 7.88. The number of aromatic amines is 1. The van der Waals surface area contributed by atoms with Crippen molar-refractivity contribution in [3.63, 3.8) is 0 Å². The van der Waals surface area contributed by atoms with Crippen LogP contribution in [0, 0.1) is 11.8 Å². The van der Waals surface area contributed by atoms with Crippen LogP contribution in [0.25, 0.3) is 0 Å². The normalized spacial score (nSPS) is 28.3. The van der Waals surface area contributed by atoms with Gasteiger partial charge in [-0.2, -0.15) is 18.2 Å². The zero-order chi connectivity index (χ0) is 34.0. The van der Waals surface area contributed by atoms with Gasteiger partial charge in [0.15, 0.2) is 0 Å². The van der Waals surface area contributed by atoms with Crippen LogP contribution >= 0.6 is 11.6 Å². The zero-order valence-electron chi connectivity index (χ0n) is 26.4. The number of nitrogens with two attached hydrogens (primary N) is 1. The van der Waals surface area contributed by atoms with E-state index in [0.29, 0.717) is 29.3 Å². The lowest BCUT2D eigenvalue weighted by molar-refractivity contribution is -0.640. The Bertz CT molecular complexity index is 1540. The van der Waals surface area contributed by atoms with E-state index in [4.69, 9.17) is 21.5 Å². The van der Waals surface area contributed by atoms with Crippen LogP contribution in [-0.4, -0.2) is 63.3 Å². The maximum atomic E-state index is 14.7. The van der Waals surface area contributed by atoms with E-state index in [2.05, 4.69) is 50.3 Å². The maximum Gasteiger partial charge on any atom is 0.430 e. The molecule has 14 heteroatoms. The summed E-state index contributed by atoms with van der Waals surface area (Å²) in [6.07, 6.45) is 5.71. The second-order valence-corrected chi connectivity index (χ2v) is 15.7. The number of rotatable bonds is 5. The Morgan fingerprint density at radius 1 is 1.06 bits per heavy atom. The van der Waals surface area contributed by atoms with Crippen molar-refractivity contribution in [3.8, 4) is 0 Å². The zero-order valence-corrected chi connectivity index (χ0v) is 28.0. The van der Waals surface area contributed by atoms with Gasteiger partial charge >= 0.3 is 6.18 Å². The number of likely N-dealkylation sites (tertiary alicyclic amines) is 1. The standard InChI is InChI=1S/C31H41ClN4O3S.C2HF3O2/c1-40(38,39)35-26-14-16-31(24-12-13-28(32)34-29(24)26)20-33-19-25(31)30(37)36-17-15-23(21-8-4-2-5-9-21)18-27(36)22-10-6-3-7-11-22;3-2(4,5)1(6)7/h2,4-5,8-9,12-13,22-23,25-27,33,35H,3,6-7,10-11,14-20H2,1H3;(H,6,7)/p+1/t23-,25+,26?,27+,31+;/m1./s1. The van der Waals surface area contributed by atoms with Crippen molar-refractivity contribution in [1.82, 2.24) is 9.62 Å². The average molecular weight is 700 g/mol. The molecule has 4 aliphatic rings. The number of pyridine rings is 1. The number of hydrogen-bond donors (Lipinski definition) is 2. The number of carbonyl (C=O) groups excluding carboxylic acids is 2. The summed E-state index contributed by atoms with van der Waals surface area (Å²) in [7, 11) is -3.41. The molecule has 2 saturated heterocycles. The van der Waals surface area contributed by atoms with Crippen LogP contribution in [0.2, 0.25) is 5.15 Å². The smallest absolute Gasteiger partial charge is 0.430 e. The molecule has 2 aliphatic carbocycles. The van der Waals surface area contributed by atoms with Crippen LogP contribution in [0.15, 0.2) is 42.5 Å². The monoisotopic (exact) mass is 699 g/mol. The Morgan fingerprint density at radius 2 is 1.74 bits per heavy atom. The van der Waals surface area contributed by atoms with Gasteiger partial charge in [-0.3, -0.25) is 4.79 Å². The first-order valence-corrected chi connectivity index (χ1v) is 18.6. The molecule has 1 aromatic heterocycles. The fourth-order valence-corrected chi connectivity index (χ4v) is 9.42. The van der Waals surface area contributed by atoms with Gasteiger partial charge in [-0.15, -0.1) is 0 Å². The molecule has 3 fully saturated rings. The molecule has 1 aromatic carbocycles. The van der Waals surface area contributed by atoms with Gasteiger partial charge in [-0.25, -0.2) is 13.1 Å². The van der Waals surface area contributed by atoms with E-state index in [1.807, 2.05) is 12.1 Å². The van der Waals surface area contributed by atoms with Gasteiger partial charge in [-0.1, -0.05) is 49.6 Å². The molecular weight excluding hydrogens is 657 g/mol. The highest BCUT2D eigenvalue weighted by Gasteiger charge is 2.58. The summed E-state index contributed by atoms with van der Waals surface area (Å²) in [4.78, 5) is 29.1. The second-order valence-electron chi connectivity index (χ2n) is 13.5. The second kappa shape index (κ2) is 14.4. The third-order valence-electron chi connectivity index (χ3n) is 10.6. The first-order valence-electron chi connectivity index (χ1n) is 16.3. The van der Waals surface area contributed by atoms with Crippen molar-refractivity contribution in [2.45, 2.75) is 87.4 Å². The van der Waals surface area contributed by atoms with E-state index in [1.165, 1.54) is 43.9 Å². The molecule has 0 radical (unpaired) electrons. The predicted octanol–water partition coefficient (Wildman–Crippen LogP) is 2.62. The average Bonchev–Trinajstić information content (AvgIpc) is 3.46. The molecule has 2 aliphatic heterocycles. The maximum absolute atomic E-state index is 14.7. The Kier molecular flexibility index (Phi) is 10.9. The van der Waals surface area contributed by atoms with Gasteiger partial charge in [-0.05, 0) is 73.6 Å². The lowest BCUT2D eigenvalue weighted by Gasteiger charge is -2.47. The fraction of sp³-hybridized carbons (Fsp3) is 0.606. The number of aliphatic carboxylic acids is 1. The molecular formula is C33H43ClF3N4O5S+. The molecule has 9 nitrogen and oxygen atoms in total. The Hall–Kier alpha value is -2.74. The quantitative estimate of drug-likeness (QED) is 0.463. The number of hydrogen-bond acceptors (Lipinski definition) is 5. The van der Waals surface area contributed by atoms with Gasteiger partial charge in [0.25, 0.3) is 5.15 Å². The number of quaternary nitrogens is 1. The number of halogens is 4. The van der Waals surface area contributed by atoms with Crippen LogP contribution in [0.4, 0.5) is 13.2 Å². The molecule has 0 bridgehead atoms. The Balaban J connectivity index is 0.000000559. The molecule has 1 amide bonds. The minimum Gasteiger partial charge on any atom is -0.542 e. The number of aromatic nitrogens is 1. The first kappa shape index (κ1) is 35.6.